The normalized spacial score (nSPS) is 12.6. The van der Waals surface area contributed by atoms with Crippen molar-refractivity contribution in [3.63, 3.8) is 0 Å². The molecule has 0 aliphatic heterocycles. The lowest BCUT2D eigenvalue weighted by atomic mass is 10.1. The molecule has 2 rings (SSSR count). The number of aromatic nitrogens is 2. The zero-order valence-electron chi connectivity index (χ0n) is 13.4. The van der Waals surface area contributed by atoms with Crippen LogP contribution in [0.4, 0.5) is 0 Å². The molecule has 0 radical (unpaired) electrons. The van der Waals surface area contributed by atoms with Crippen molar-refractivity contribution < 1.29 is 0 Å². The Morgan fingerprint density at radius 2 is 2.10 bits per heavy atom. The lowest BCUT2D eigenvalue weighted by Gasteiger charge is -2.11. The molecule has 0 aliphatic rings. The summed E-state index contributed by atoms with van der Waals surface area (Å²) in [5, 5.41) is 5.82. The fourth-order valence-electron chi connectivity index (χ4n) is 2.46. The second-order valence-electron chi connectivity index (χ2n) is 5.64. The van der Waals surface area contributed by atoms with Gasteiger partial charge in [-0.2, -0.15) is 5.10 Å². The second-order valence-corrected chi connectivity index (χ2v) is 6.61. The Balaban J connectivity index is 2.15. The highest BCUT2D eigenvalue weighted by Gasteiger charge is 2.16. The summed E-state index contributed by atoms with van der Waals surface area (Å²) in [6.45, 7) is 6.35. The summed E-state index contributed by atoms with van der Waals surface area (Å²) in [5.74, 6) is 0.967. The maximum Gasteiger partial charge on any atom is 0.0975 e. The lowest BCUT2D eigenvalue weighted by Crippen LogP contribution is -2.21. The minimum absolute atomic E-state index is 0.214. The number of hydrogen-bond donors (Lipinski definition) is 1. The van der Waals surface area contributed by atoms with Gasteiger partial charge in [-0.05, 0) is 32.3 Å². The number of thioether (sulfide) groups is 1. The molecule has 4 heteroatoms. The Labute approximate surface area is 131 Å². The fourth-order valence-corrected chi connectivity index (χ4v) is 3.57. The number of aryl methyl sites for hydroxylation is 3. The fraction of sp³-hybridized carbons (Fsp3) is 0.471. The Kier molecular flexibility index (Phi) is 5.48. The molecule has 0 saturated heterocycles. The van der Waals surface area contributed by atoms with Crippen LogP contribution in [0.15, 0.2) is 29.3 Å². The maximum absolute atomic E-state index is 6.13. The van der Waals surface area contributed by atoms with Crippen LogP contribution >= 0.6 is 11.8 Å². The number of hydrogen-bond acceptors (Lipinski definition) is 3. The quantitative estimate of drug-likeness (QED) is 0.829. The van der Waals surface area contributed by atoms with Crippen molar-refractivity contribution >= 4 is 11.8 Å². The molecule has 21 heavy (non-hydrogen) atoms. The molecule has 1 atom stereocenters. The Bertz CT molecular complexity index is 604. The first kappa shape index (κ1) is 16.1. The van der Waals surface area contributed by atoms with Crippen molar-refractivity contribution in [2.45, 2.75) is 50.4 Å². The first-order valence-electron chi connectivity index (χ1n) is 7.47. The van der Waals surface area contributed by atoms with Gasteiger partial charge in [-0.3, -0.25) is 4.68 Å². The molecule has 1 heterocycles. The molecule has 0 bridgehead atoms. The van der Waals surface area contributed by atoms with Crippen LogP contribution in [0, 0.1) is 13.8 Å². The summed E-state index contributed by atoms with van der Waals surface area (Å²) in [4.78, 5) is 0. The van der Waals surface area contributed by atoms with Crippen molar-refractivity contribution in [1.29, 1.82) is 0 Å². The summed E-state index contributed by atoms with van der Waals surface area (Å²) in [6.07, 6.45) is 1.91. The summed E-state index contributed by atoms with van der Waals surface area (Å²) in [5.41, 5.74) is 11.2. The minimum atomic E-state index is 0.214. The van der Waals surface area contributed by atoms with Crippen LogP contribution in [-0.2, 0) is 19.2 Å². The van der Waals surface area contributed by atoms with Crippen LogP contribution in [0.2, 0.25) is 0 Å². The van der Waals surface area contributed by atoms with Gasteiger partial charge in [0.25, 0.3) is 0 Å². The first-order chi connectivity index (χ1) is 10.0. The molecule has 2 aromatic rings. The molecular weight excluding hydrogens is 278 g/mol. The van der Waals surface area contributed by atoms with Crippen LogP contribution in [0.5, 0.6) is 0 Å². The van der Waals surface area contributed by atoms with Gasteiger partial charge in [0.05, 0.1) is 10.7 Å². The number of rotatable bonds is 6. The van der Waals surface area contributed by atoms with E-state index < -0.39 is 0 Å². The van der Waals surface area contributed by atoms with Gasteiger partial charge in [0.15, 0.2) is 0 Å². The van der Waals surface area contributed by atoms with E-state index >= 15 is 0 Å². The molecule has 1 unspecified atom stereocenters. The summed E-state index contributed by atoms with van der Waals surface area (Å²) in [6, 6.07) is 8.89. The maximum atomic E-state index is 6.13. The molecule has 0 fully saturated rings. The third-order valence-electron chi connectivity index (χ3n) is 3.74. The number of nitrogens with two attached hydrogens (primary N) is 1. The highest BCUT2D eigenvalue weighted by atomic mass is 32.2. The zero-order valence-corrected chi connectivity index (χ0v) is 14.2. The molecule has 0 aliphatic carbocycles. The largest absolute Gasteiger partial charge is 0.327 e. The topological polar surface area (TPSA) is 43.8 Å². The molecule has 114 valence electrons. The standard InChI is InChI=1S/C17H25N3S/c1-5-15(18)10-16-13(3)19-20(4)17(16)21-11-14-8-6-7-12(2)9-14/h6-9,15H,5,10-11,18H2,1-4H3. The van der Waals surface area contributed by atoms with Crippen LogP contribution in [0.1, 0.15) is 35.7 Å². The van der Waals surface area contributed by atoms with E-state index in [1.807, 2.05) is 23.5 Å². The summed E-state index contributed by atoms with van der Waals surface area (Å²) in [7, 11) is 2.02. The van der Waals surface area contributed by atoms with Gasteiger partial charge >= 0.3 is 0 Å². The Morgan fingerprint density at radius 3 is 2.76 bits per heavy atom. The van der Waals surface area contributed by atoms with E-state index in [0.717, 1.165) is 24.3 Å². The lowest BCUT2D eigenvalue weighted by molar-refractivity contribution is 0.631. The average Bonchev–Trinajstić information content (AvgIpc) is 2.71. The van der Waals surface area contributed by atoms with Crippen molar-refractivity contribution in [3.8, 4) is 0 Å². The van der Waals surface area contributed by atoms with Gasteiger partial charge in [-0.25, -0.2) is 0 Å². The van der Waals surface area contributed by atoms with Gasteiger partial charge in [0.2, 0.25) is 0 Å². The third-order valence-corrected chi connectivity index (χ3v) is 5.00. The monoisotopic (exact) mass is 303 g/mol. The van der Waals surface area contributed by atoms with Crippen molar-refractivity contribution in [1.82, 2.24) is 9.78 Å². The van der Waals surface area contributed by atoms with E-state index in [-0.39, 0.29) is 6.04 Å². The van der Waals surface area contributed by atoms with Gasteiger partial charge in [0, 0.05) is 24.4 Å². The highest BCUT2D eigenvalue weighted by Crippen LogP contribution is 2.29. The van der Waals surface area contributed by atoms with E-state index in [1.165, 1.54) is 21.7 Å². The zero-order chi connectivity index (χ0) is 15.4. The predicted molar refractivity (Wildman–Crippen MR) is 90.7 cm³/mol. The summed E-state index contributed by atoms with van der Waals surface area (Å²) >= 11 is 1.85. The Morgan fingerprint density at radius 1 is 1.33 bits per heavy atom. The molecule has 3 nitrogen and oxygen atoms in total. The first-order valence-corrected chi connectivity index (χ1v) is 8.46. The minimum Gasteiger partial charge on any atom is -0.327 e. The molecule has 0 spiro atoms. The summed E-state index contributed by atoms with van der Waals surface area (Å²) < 4.78 is 1.99. The second kappa shape index (κ2) is 7.14. The Hall–Kier alpha value is -1.26. The van der Waals surface area contributed by atoms with Crippen LogP contribution in [0.3, 0.4) is 0 Å². The number of benzene rings is 1. The van der Waals surface area contributed by atoms with Gasteiger partial charge in [0.1, 0.15) is 0 Å². The number of nitrogens with zero attached hydrogens (tertiary/aromatic N) is 2. The SMILES string of the molecule is CCC(N)Cc1c(C)nn(C)c1SCc1cccc(C)c1. The van der Waals surface area contributed by atoms with Crippen LogP contribution in [0.25, 0.3) is 0 Å². The van der Waals surface area contributed by atoms with Crippen LogP contribution in [-0.4, -0.2) is 15.8 Å². The van der Waals surface area contributed by atoms with Crippen molar-refractivity contribution in [2.75, 3.05) is 0 Å². The predicted octanol–water partition coefficient (Wildman–Crippen LogP) is 3.61. The van der Waals surface area contributed by atoms with E-state index in [1.54, 1.807) is 0 Å². The molecule has 0 saturated carbocycles. The average molecular weight is 303 g/mol. The van der Waals surface area contributed by atoms with E-state index in [4.69, 9.17) is 5.73 Å². The smallest absolute Gasteiger partial charge is 0.0975 e. The third kappa shape index (κ3) is 4.11. The molecule has 1 aromatic carbocycles. The molecule has 2 N–H and O–H groups in total. The molecule has 1 aromatic heterocycles. The van der Waals surface area contributed by atoms with Crippen molar-refractivity contribution in [3.05, 3.63) is 46.6 Å². The highest BCUT2D eigenvalue weighted by molar-refractivity contribution is 7.98. The van der Waals surface area contributed by atoms with Gasteiger partial charge in [-0.1, -0.05) is 36.8 Å². The van der Waals surface area contributed by atoms with Gasteiger partial charge < -0.3 is 5.73 Å². The van der Waals surface area contributed by atoms with Gasteiger partial charge in [-0.15, -0.1) is 11.8 Å². The van der Waals surface area contributed by atoms with E-state index in [9.17, 15) is 0 Å². The van der Waals surface area contributed by atoms with E-state index in [0.29, 0.717) is 0 Å². The van der Waals surface area contributed by atoms with Crippen molar-refractivity contribution in [2.24, 2.45) is 12.8 Å². The van der Waals surface area contributed by atoms with E-state index in [2.05, 4.69) is 50.1 Å². The molecular formula is C17H25N3S. The molecule has 0 amide bonds. The van der Waals surface area contributed by atoms with Crippen LogP contribution < -0.4 is 5.73 Å².